The molecule has 3 atom stereocenters. The predicted octanol–water partition coefficient (Wildman–Crippen LogP) is 4.10. The number of ether oxygens (including phenoxy) is 1. The molecule has 1 spiro atoms. The zero-order chi connectivity index (χ0) is 22.5. The van der Waals surface area contributed by atoms with Crippen molar-refractivity contribution < 1.29 is 19.1 Å². The monoisotopic (exact) mass is 496 g/mol. The molecule has 2 aromatic carbocycles. The van der Waals surface area contributed by atoms with Crippen molar-refractivity contribution in [1.82, 2.24) is 10.2 Å². The number of nitrogens with zero attached hydrogens (tertiary/aromatic N) is 1. The molecule has 3 aliphatic rings. The molecule has 7 heteroatoms. The van der Waals surface area contributed by atoms with Crippen LogP contribution in [0.3, 0.4) is 0 Å². The van der Waals surface area contributed by atoms with Crippen LogP contribution in [-0.4, -0.2) is 34.9 Å². The summed E-state index contributed by atoms with van der Waals surface area (Å²) in [6, 6.07) is 14.2. The van der Waals surface area contributed by atoms with Gasteiger partial charge in [-0.15, -0.1) is 0 Å². The standard InChI is InChI=1S/C25H25BrN2O4/c1-15(17-7-8-17)27-22(29)21(13-16-5-3-2-4-6-16)28-23(30)25(32-24(28)31)12-11-18-9-10-19(26)14-20(18)25/h2-6,9-10,14-15,17,21H,7-8,11-13H2,1H3,(H,27,29)/t15-,21?,25?/m0/s1. The van der Waals surface area contributed by atoms with Gasteiger partial charge in [-0.05, 0) is 55.4 Å². The molecule has 6 nitrogen and oxygen atoms in total. The average molecular weight is 497 g/mol. The Balaban J connectivity index is 1.48. The summed E-state index contributed by atoms with van der Waals surface area (Å²) in [5, 5.41) is 3.04. The predicted molar refractivity (Wildman–Crippen MR) is 122 cm³/mol. The Labute approximate surface area is 195 Å². The number of hydrogen-bond donors (Lipinski definition) is 1. The fourth-order valence-electron chi connectivity index (χ4n) is 4.88. The number of imide groups is 1. The average Bonchev–Trinajstić information content (AvgIpc) is 3.53. The van der Waals surface area contributed by atoms with Crippen molar-refractivity contribution in [2.45, 2.75) is 56.7 Å². The Hall–Kier alpha value is -2.67. The number of amides is 3. The van der Waals surface area contributed by atoms with E-state index in [1.807, 2.05) is 55.5 Å². The Morgan fingerprint density at radius 2 is 1.97 bits per heavy atom. The Morgan fingerprint density at radius 1 is 1.22 bits per heavy atom. The van der Waals surface area contributed by atoms with Crippen LogP contribution < -0.4 is 5.32 Å². The number of rotatable bonds is 6. The van der Waals surface area contributed by atoms with Crippen molar-refractivity contribution >= 4 is 33.8 Å². The van der Waals surface area contributed by atoms with E-state index >= 15 is 0 Å². The molecule has 3 amide bonds. The molecule has 0 aromatic heterocycles. The maximum atomic E-state index is 13.8. The normalized spacial score (nSPS) is 23.8. The third-order valence-corrected chi connectivity index (χ3v) is 7.35. The molecule has 1 saturated carbocycles. The van der Waals surface area contributed by atoms with E-state index in [4.69, 9.17) is 4.74 Å². The van der Waals surface area contributed by atoms with Crippen molar-refractivity contribution in [3.05, 3.63) is 69.7 Å². The number of nitrogens with one attached hydrogen (secondary N) is 1. The summed E-state index contributed by atoms with van der Waals surface area (Å²) in [4.78, 5) is 41.3. The highest BCUT2D eigenvalue weighted by molar-refractivity contribution is 9.10. The maximum absolute atomic E-state index is 13.8. The van der Waals surface area contributed by atoms with E-state index in [0.717, 1.165) is 33.3 Å². The van der Waals surface area contributed by atoms with Gasteiger partial charge in [0.05, 0.1) is 0 Å². The molecule has 2 aliphatic carbocycles. The molecule has 2 fully saturated rings. The quantitative estimate of drug-likeness (QED) is 0.653. The number of aryl methyl sites for hydroxylation is 1. The second-order valence-electron chi connectivity index (χ2n) is 9.01. The molecule has 1 heterocycles. The first-order chi connectivity index (χ1) is 15.4. The first-order valence-corrected chi connectivity index (χ1v) is 11.9. The van der Waals surface area contributed by atoms with Crippen molar-refractivity contribution in [3.63, 3.8) is 0 Å². The van der Waals surface area contributed by atoms with Crippen LogP contribution in [0.5, 0.6) is 0 Å². The van der Waals surface area contributed by atoms with E-state index in [2.05, 4.69) is 21.2 Å². The van der Waals surface area contributed by atoms with Crippen LogP contribution in [0.15, 0.2) is 53.0 Å². The Kier molecular flexibility index (Phi) is 5.32. The van der Waals surface area contributed by atoms with E-state index < -0.39 is 23.6 Å². The Bertz CT molecular complexity index is 1080. The third-order valence-electron chi connectivity index (χ3n) is 6.86. The van der Waals surface area contributed by atoms with Crippen LogP contribution in [0.25, 0.3) is 0 Å². The van der Waals surface area contributed by atoms with Crippen LogP contribution in [0.2, 0.25) is 0 Å². The van der Waals surface area contributed by atoms with Crippen LogP contribution in [0.4, 0.5) is 4.79 Å². The van der Waals surface area contributed by atoms with Gasteiger partial charge in [-0.2, -0.15) is 0 Å². The highest BCUT2D eigenvalue weighted by Crippen LogP contribution is 2.46. The van der Waals surface area contributed by atoms with Gasteiger partial charge in [0.25, 0.3) is 5.91 Å². The molecule has 5 rings (SSSR count). The van der Waals surface area contributed by atoms with Crippen LogP contribution in [-0.2, 0) is 32.8 Å². The summed E-state index contributed by atoms with van der Waals surface area (Å²) in [6.45, 7) is 1.98. The topological polar surface area (TPSA) is 75.7 Å². The molecule has 1 aliphatic heterocycles. The van der Waals surface area contributed by atoms with Crippen LogP contribution in [0.1, 0.15) is 42.9 Å². The van der Waals surface area contributed by atoms with Crippen molar-refractivity contribution in [2.24, 2.45) is 5.92 Å². The first kappa shape index (κ1) is 21.2. The molecule has 1 saturated heterocycles. The summed E-state index contributed by atoms with van der Waals surface area (Å²) in [5.41, 5.74) is 1.22. The second-order valence-corrected chi connectivity index (χ2v) is 9.93. The maximum Gasteiger partial charge on any atom is 0.418 e. The van der Waals surface area contributed by atoms with Crippen molar-refractivity contribution in [3.8, 4) is 0 Å². The van der Waals surface area contributed by atoms with Crippen LogP contribution >= 0.6 is 15.9 Å². The number of carbonyl (C=O) groups is 3. The summed E-state index contributed by atoms with van der Waals surface area (Å²) in [6.07, 6.45) is 2.70. The van der Waals surface area contributed by atoms with Gasteiger partial charge in [-0.3, -0.25) is 9.59 Å². The first-order valence-electron chi connectivity index (χ1n) is 11.1. The highest BCUT2D eigenvalue weighted by atomic mass is 79.9. The Morgan fingerprint density at radius 3 is 2.69 bits per heavy atom. The van der Waals surface area contributed by atoms with Gasteiger partial charge in [0.15, 0.2) is 0 Å². The van der Waals surface area contributed by atoms with Crippen molar-refractivity contribution in [1.29, 1.82) is 0 Å². The smallest absolute Gasteiger partial charge is 0.418 e. The van der Waals surface area contributed by atoms with Crippen molar-refractivity contribution in [2.75, 3.05) is 0 Å². The summed E-state index contributed by atoms with van der Waals surface area (Å²) >= 11 is 3.46. The lowest BCUT2D eigenvalue weighted by Crippen LogP contribution is -2.53. The van der Waals surface area contributed by atoms with Gasteiger partial charge in [-0.25, -0.2) is 9.69 Å². The second kappa shape index (κ2) is 8.03. The lowest BCUT2D eigenvalue weighted by molar-refractivity contribution is -0.142. The molecule has 1 N–H and O–H groups in total. The molecule has 166 valence electrons. The van der Waals surface area contributed by atoms with E-state index in [1.54, 1.807) is 0 Å². The number of fused-ring (bicyclic) bond motifs is 2. The fraction of sp³-hybridized carbons (Fsp3) is 0.400. The van der Waals surface area contributed by atoms with Gasteiger partial charge in [0.2, 0.25) is 11.5 Å². The zero-order valence-electron chi connectivity index (χ0n) is 17.8. The summed E-state index contributed by atoms with van der Waals surface area (Å²) < 4.78 is 6.60. The number of hydrogen-bond acceptors (Lipinski definition) is 4. The summed E-state index contributed by atoms with van der Waals surface area (Å²) in [5.74, 6) is -0.305. The van der Waals surface area contributed by atoms with E-state index in [0.29, 0.717) is 24.3 Å². The molecule has 0 radical (unpaired) electrons. The molecule has 0 bridgehead atoms. The molecule has 2 aromatic rings. The molecular formula is C25H25BrN2O4. The SMILES string of the molecule is C[C@H](NC(=O)C(Cc1ccccc1)N1C(=O)OC2(CCc3ccc(Br)cc32)C1=O)C1CC1. The third kappa shape index (κ3) is 3.62. The molecule has 32 heavy (non-hydrogen) atoms. The van der Waals surface area contributed by atoms with Crippen LogP contribution in [0, 0.1) is 5.92 Å². The minimum Gasteiger partial charge on any atom is -0.427 e. The fourth-order valence-corrected chi connectivity index (χ4v) is 5.24. The van der Waals surface area contributed by atoms with Gasteiger partial charge >= 0.3 is 6.09 Å². The van der Waals surface area contributed by atoms with Gasteiger partial charge in [-0.1, -0.05) is 52.3 Å². The highest BCUT2D eigenvalue weighted by Gasteiger charge is 2.60. The largest absolute Gasteiger partial charge is 0.427 e. The van der Waals surface area contributed by atoms with E-state index in [-0.39, 0.29) is 18.4 Å². The summed E-state index contributed by atoms with van der Waals surface area (Å²) in [7, 11) is 0. The number of benzene rings is 2. The number of carbonyl (C=O) groups excluding carboxylic acids is 3. The van der Waals surface area contributed by atoms with E-state index in [1.165, 1.54) is 0 Å². The minimum atomic E-state index is -1.35. The minimum absolute atomic E-state index is 0.00613. The van der Waals surface area contributed by atoms with Gasteiger partial charge < -0.3 is 10.1 Å². The van der Waals surface area contributed by atoms with Gasteiger partial charge in [0, 0.05) is 28.9 Å². The lowest BCUT2D eigenvalue weighted by atomic mass is 9.94. The lowest BCUT2D eigenvalue weighted by Gasteiger charge is -2.26. The molecular weight excluding hydrogens is 472 g/mol. The van der Waals surface area contributed by atoms with E-state index in [9.17, 15) is 14.4 Å². The molecule has 2 unspecified atom stereocenters. The number of halogens is 1. The zero-order valence-corrected chi connectivity index (χ0v) is 19.4. The van der Waals surface area contributed by atoms with Gasteiger partial charge in [0.1, 0.15) is 6.04 Å².